The molecule has 1 aliphatic rings. The molecule has 0 amide bonds. The minimum absolute atomic E-state index is 0.720. The number of nitrogens with one attached hydrogen (secondary N) is 1. The summed E-state index contributed by atoms with van der Waals surface area (Å²) < 4.78 is 1.94. The average molecular weight is 288 g/mol. The van der Waals surface area contributed by atoms with Crippen molar-refractivity contribution in [1.82, 2.24) is 20.3 Å². The molecule has 0 unspecified atom stereocenters. The van der Waals surface area contributed by atoms with Gasteiger partial charge < -0.3 is 5.32 Å². The zero-order chi connectivity index (χ0) is 13.8. The number of benzene rings is 1. The van der Waals surface area contributed by atoms with Crippen LogP contribution in [0.25, 0.3) is 0 Å². The van der Waals surface area contributed by atoms with Crippen molar-refractivity contribution in [3.05, 3.63) is 41.7 Å². The maximum Gasteiger partial charge on any atom is 0.0964 e. The number of nitrogens with zero attached hydrogens (tertiary/aromatic N) is 3. The first-order valence-corrected chi connectivity index (χ1v) is 8.10. The van der Waals surface area contributed by atoms with Crippen molar-refractivity contribution >= 4 is 11.8 Å². The maximum absolute atomic E-state index is 4.19. The van der Waals surface area contributed by atoms with Gasteiger partial charge in [0.25, 0.3) is 0 Å². The van der Waals surface area contributed by atoms with Crippen LogP contribution in [0.1, 0.15) is 24.1 Å². The lowest BCUT2D eigenvalue weighted by atomic mass is 10.2. The Kier molecular flexibility index (Phi) is 4.38. The quantitative estimate of drug-likeness (QED) is 0.795. The lowest BCUT2D eigenvalue weighted by Gasteiger charge is -2.02. The van der Waals surface area contributed by atoms with Crippen LogP contribution in [0.3, 0.4) is 0 Å². The van der Waals surface area contributed by atoms with E-state index in [-0.39, 0.29) is 0 Å². The molecule has 0 radical (unpaired) electrons. The second kappa shape index (κ2) is 6.41. The van der Waals surface area contributed by atoms with Crippen molar-refractivity contribution in [2.24, 2.45) is 0 Å². The fourth-order valence-electron chi connectivity index (χ4n) is 1.96. The fraction of sp³-hybridized carbons (Fsp3) is 0.467. The van der Waals surface area contributed by atoms with E-state index in [0.717, 1.165) is 30.6 Å². The molecule has 1 N–H and O–H groups in total. The molecule has 1 heterocycles. The molecule has 106 valence electrons. The largest absolute Gasteiger partial charge is 0.308 e. The minimum atomic E-state index is 0.720. The van der Waals surface area contributed by atoms with Crippen LogP contribution in [0.4, 0.5) is 0 Å². The molecule has 2 aromatic rings. The van der Waals surface area contributed by atoms with E-state index in [9.17, 15) is 0 Å². The highest BCUT2D eigenvalue weighted by atomic mass is 32.2. The molecule has 0 atom stereocenters. The Bertz CT molecular complexity index is 545. The van der Waals surface area contributed by atoms with Gasteiger partial charge in [0.2, 0.25) is 0 Å². The number of aryl methyl sites for hydroxylation is 2. The molecule has 4 nitrogen and oxygen atoms in total. The second-order valence-corrected chi connectivity index (χ2v) is 6.46. The zero-order valence-corrected chi connectivity index (χ0v) is 12.6. The second-order valence-electron chi connectivity index (χ2n) is 5.29. The molecule has 1 fully saturated rings. The van der Waals surface area contributed by atoms with Gasteiger partial charge in [-0.1, -0.05) is 22.9 Å². The number of rotatable bonds is 7. The number of hydrogen-bond donors (Lipinski definition) is 1. The molecule has 0 spiro atoms. The normalized spacial score (nSPS) is 14.7. The lowest BCUT2D eigenvalue weighted by molar-refractivity contribution is 0.630. The summed E-state index contributed by atoms with van der Waals surface area (Å²) in [5.74, 6) is 1.02. The highest BCUT2D eigenvalue weighted by molar-refractivity contribution is 7.99. The van der Waals surface area contributed by atoms with Crippen LogP contribution in [-0.2, 0) is 13.1 Å². The van der Waals surface area contributed by atoms with Gasteiger partial charge >= 0.3 is 0 Å². The Labute approximate surface area is 124 Å². The number of thioether (sulfide) groups is 1. The third-order valence-electron chi connectivity index (χ3n) is 3.35. The van der Waals surface area contributed by atoms with Crippen LogP contribution < -0.4 is 5.32 Å². The van der Waals surface area contributed by atoms with Crippen LogP contribution in [0, 0.1) is 6.92 Å². The summed E-state index contributed by atoms with van der Waals surface area (Å²) in [6, 6.07) is 9.37. The maximum atomic E-state index is 4.19. The number of aromatic nitrogens is 3. The minimum Gasteiger partial charge on any atom is -0.308 e. The molecule has 3 rings (SSSR count). The van der Waals surface area contributed by atoms with E-state index in [2.05, 4.69) is 46.8 Å². The van der Waals surface area contributed by atoms with Gasteiger partial charge in [-0.2, -0.15) is 0 Å². The molecule has 1 aliphatic carbocycles. The highest BCUT2D eigenvalue weighted by Crippen LogP contribution is 2.19. The summed E-state index contributed by atoms with van der Waals surface area (Å²) in [6.07, 6.45) is 4.66. The topological polar surface area (TPSA) is 42.7 Å². The zero-order valence-electron chi connectivity index (χ0n) is 11.7. The van der Waals surface area contributed by atoms with Crippen molar-refractivity contribution in [2.75, 3.05) is 5.75 Å². The standard InChI is InChI=1S/C15H20N4S/c1-12-2-6-15(7-3-12)20-9-8-19-11-14(17-18-19)10-16-13-4-5-13/h2-3,6-7,11,13,16H,4-5,8-10H2,1H3. The molecule has 0 saturated heterocycles. The molecule has 1 aromatic heterocycles. The molecule has 0 bridgehead atoms. The van der Waals surface area contributed by atoms with E-state index in [1.165, 1.54) is 23.3 Å². The van der Waals surface area contributed by atoms with Gasteiger partial charge in [0.1, 0.15) is 0 Å². The Morgan fingerprint density at radius 1 is 1.30 bits per heavy atom. The summed E-state index contributed by atoms with van der Waals surface area (Å²) in [4.78, 5) is 1.31. The van der Waals surface area contributed by atoms with E-state index >= 15 is 0 Å². The van der Waals surface area contributed by atoms with E-state index < -0.39 is 0 Å². The predicted molar refractivity (Wildman–Crippen MR) is 81.8 cm³/mol. The van der Waals surface area contributed by atoms with Crippen molar-refractivity contribution in [1.29, 1.82) is 0 Å². The average Bonchev–Trinajstić information content (AvgIpc) is 3.18. The highest BCUT2D eigenvalue weighted by Gasteiger charge is 2.20. The molecule has 5 heteroatoms. The van der Waals surface area contributed by atoms with Gasteiger partial charge in [-0.25, -0.2) is 0 Å². The van der Waals surface area contributed by atoms with Gasteiger partial charge in [-0.3, -0.25) is 4.68 Å². The molecule has 1 aromatic carbocycles. The van der Waals surface area contributed by atoms with Gasteiger partial charge in [0.05, 0.1) is 12.2 Å². The van der Waals surface area contributed by atoms with E-state index in [0.29, 0.717) is 0 Å². The Morgan fingerprint density at radius 3 is 2.85 bits per heavy atom. The summed E-state index contributed by atoms with van der Waals surface area (Å²) >= 11 is 1.86. The summed E-state index contributed by atoms with van der Waals surface area (Å²) in [6.45, 7) is 3.85. The van der Waals surface area contributed by atoms with Crippen molar-refractivity contribution in [2.45, 2.75) is 43.8 Å². The third-order valence-corrected chi connectivity index (χ3v) is 4.34. The van der Waals surface area contributed by atoms with Gasteiger partial charge in [0, 0.05) is 29.4 Å². The summed E-state index contributed by atoms with van der Waals surface area (Å²) in [5.41, 5.74) is 2.34. The van der Waals surface area contributed by atoms with Gasteiger partial charge in [-0.15, -0.1) is 16.9 Å². The SMILES string of the molecule is Cc1ccc(SCCn2cc(CNC3CC3)nn2)cc1. The first-order chi connectivity index (χ1) is 9.79. The Morgan fingerprint density at radius 2 is 2.10 bits per heavy atom. The van der Waals surface area contributed by atoms with Gasteiger partial charge in [0.15, 0.2) is 0 Å². The molecular weight excluding hydrogens is 268 g/mol. The molecule has 20 heavy (non-hydrogen) atoms. The van der Waals surface area contributed by atoms with Crippen molar-refractivity contribution < 1.29 is 0 Å². The predicted octanol–water partition coefficient (Wildman–Crippen LogP) is 2.63. The number of hydrogen-bond acceptors (Lipinski definition) is 4. The first-order valence-electron chi connectivity index (χ1n) is 7.11. The Balaban J connectivity index is 1.42. The van der Waals surface area contributed by atoms with Crippen molar-refractivity contribution in [3.63, 3.8) is 0 Å². The fourth-order valence-corrected chi connectivity index (χ4v) is 2.80. The summed E-state index contributed by atoms with van der Waals surface area (Å²) in [7, 11) is 0. The van der Waals surface area contributed by atoms with E-state index in [4.69, 9.17) is 0 Å². The third kappa shape index (κ3) is 4.08. The molecular formula is C15H20N4S. The molecule has 1 saturated carbocycles. The van der Waals surface area contributed by atoms with Crippen LogP contribution in [0.5, 0.6) is 0 Å². The van der Waals surface area contributed by atoms with E-state index in [1.54, 1.807) is 0 Å². The summed E-state index contributed by atoms with van der Waals surface area (Å²) in [5, 5.41) is 11.8. The lowest BCUT2D eigenvalue weighted by Crippen LogP contribution is -2.15. The van der Waals surface area contributed by atoms with Crippen LogP contribution >= 0.6 is 11.8 Å². The monoisotopic (exact) mass is 288 g/mol. The smallest absolute Gasteiger partial charge is 0.0964 e. The van der Waals surface area contributed by atoms with E-state index in [1.807, 2.05) is 22.6 Å². The van der Waals surface area contributed by atoms with Crippen LogP contribution in [0.2, 0.25) is 0 Å². The van der Waals surface area contributed by atoms with Crippen LogP contribution in [0.15, 0.2) is 35.4 Å². The first kappa shape index (κ1) is 13.6. The van der Waals surface area contributed by atoms with Crippen LogP contribution in [-0.4, -0.2) is 26.8 Å². The molecule has 0 aliphatic heterocycles. The van der Waals surface area contributed by atoms with Crippen molar-refractivity contribution in [3.8, 4) is 0 Å². The van der Waals surface area contributed by atoms with Gasteiger partial charge in [-0.05, 0) is 31.9 Å². The Hall–Kier alpha value is -1.33.